The first-order valence-electron chi connectivity index (χ1n) is 11.1. The Labute approximate surface area is 186 Å². The lowest BCUT2D eigenvalue weighted by molar-refractivity contribution is -0.134. The molecule has 0 bridgehead atoms. The van der Waals surface area contributed by atoms with E-state index in [1.165, 1.54) is 11.1 Å². The predicted molar refractivity (Wildman–Crippen MR) is 125 cm³/mol. The van der Waals surface area contributed by atoms with E-state index in [9.17, 15) is 9.59 Å². The Morgan fingerprint density at radius 3 is 2.23 bits per heavy atom. The molecule has 3 rings (SSSR count). The molecule has 2 aromatic carbocycles. The summed E-state index contributed by atoms with van der Waals surface area (Å²) in [5.74, 6) is 0.0298. The molecule has 2 amide bonds. The van der Waals surface area contributed by atoms with Gasteiger partial charge in [-0.3, -0.25) is 9.59 Å². The Bertz CT molecular complexity index is 864. The van der Waals surface area contributed by atoms with Gasteiger partial charge in [-0.05, 0) is 43.6 Å². The van der Waals surface area contributed by atoms with Crippen molar-refractivity contribution in [3.05, 3.63) is 71.3 Å². The topological polar surface area (TPSA) is 43.9 Å². The molecule has 0 radical (unpaired) electrons. The van der Waals surface area contributed by atoms with E-state index in [1.54, 1.807) is 6.92 Å². The number of aryl methyl sites for hydroxylation is 1. The maximum absolute atomic E-state index is 13.3. The van der Waals surface area contributed by atoms with Gasteiger partial charge in [0.15, 0.2) is 0 Å². The molecule has 0 unspecified atom stereocenters. The molecular weight excluding hydrogens is 386 g/mol. The van der Waals surface area contributed by atoms with Crippen LogP contribution in [-0.4, -0.2) is 67.3 Å². The lowest BCUT2D eigenvalue weighted by Gasteiger charge is -2.25. The first kappa shape index (κ1) is 23.0. The van der Waals surface area contributed by atoms with E-state index in [-0.39, 0.29) is 23.7 Å². The van der Waals surface area contributed by atoms with Crippen LogP contribution < -0.4 is 0 Å². The highest BCUT2D eigenvalue weighted by molar-refractivity contribution is 5.82. The van der Waals surface area contributed by atoms with E-state index >= 15 is 0 Å². The smallest absolute Gasteiger partial charge is 0.227 e. The highest BCUT2D eigenvalue weighted by Crippen LogP contribution is 2.34. The molecule has 0 aromatic heterocycles. The number of amides is 2. The number of carbonyl (C=O) groups excluding carboxylic acids is 2. The first-order chi connectivity index (χ1) is 14.8. The lowest BCUT2D eigenvalue weighted by atomic mass is 9.87. The van der Waals surface area contributed by atoms with Crippen molar-refractivity contribution in [1.82, 2.24) is 14.7 Å². The first-order valence-corrected chi connectivity index (χ1v) is 11.1. The summed E-state index contributed by atoms with van der Waals surface area (Å²) in [6, 6.07) is 18.9. The van der Waals surface area contributed by atoms with E-state index in [1.807, 2.05) is 35.0 Å². The molecule has 5 heteroatoms. The fraction of sp³-hybridized carbons (Fsp3) is 0.462. The predicted octanol–water partition coefficient (Wildman–Crippen LogP) is 3.40. The van der Waals surface area contributed by atoms with Gasteiger partial charge in [0, 0.05) is 46.1 Å². The average Bonchev–Trinajstić information content (AvgIpc) is 3.20. The van der Waals surface area contributed by atoms with Gasteiger partial charge in [-0.15, -0.1) is 0 Å². The van der Waals surface area contributed by atoms with Gasteiger partial charge < -0.3 is 14.7 Å². The van der Waals surface area contributed by atoms with Crippen molar-refractivity contribution in [2.75, 3.05) is 40.8 Å². The number of benzene rings is 2. The summed E-state index contributed by atoms with van der Waals surface area (Å²) < 4.78 is 0. The van der Waals surface area contributed by atoms with Gasteiger partial charge in [0.05, 0.1) is 5.92 Å². The second-order valence-corrected chi connectivity index (χ2v) is 8.97. The number of hydrogen-bond donors (Lipinski definition) is 0. The molecule has 0 saturated carbocycles. The van der Waals surface area contributed by atoms with E-state index in [0.29, 0.717) is 13.1 Å². The quantitative estimate of drug-likeness (QED) is 0.656. The summed E-state index contributed by atoms with van der Waals surface area (Å²) in [5.41, 5.74) is 3.68. The largest absolute Gasteiger partial charge is 0.345 e. The van der Waals surface area contributed by atoms with Gasteiger partial charge in [-0.25, -0.2) is 0 Å². The molecule has 2 atom stereocenters. The Balaban J connectivity index is 1.67. The van der Waals surface area contributed by atoms with Gasteiger partial charge >= 0.3 is 0 Å². The molecule has 31 heavy (non-hydrogen) atoms. The minimum atomic E-state index is -0.190. The van der Waals surface area contributed by atoms with Crippen LogP contribution in [0, 0.1) is 5.92 Å². The normalized spacial score (nSPS) is 18.4. The summed E-state index contributed by atoms with van der Waals surface area (Å²) in [6.07, 6.45) is 1.89. The van der Waals surface area contributed by atoms with Crippen LogP contribution in [0.5, 0.6) is 0 Å². The second kappa shape index (κ2) is 10.6. The maximum Gasteiger partial charge on any atom is 0.227 e. The zero-order chi connectivity index (χ0) is 22.4. The molecule has 0 aliphatic carbocycles. The third kappa shape index (κ3) is 6.17. The minimum absolute atomic E-state index is 0.0382. The number of nitrogens with zero attached hydrogens (tertiary/aromatic N) is 3. The number of likely N-dealkylation sites (tertiary alicyclic amines) is 1. The van der Waals surface area contributed by atoms with Crippen molar-refractivity contribution in [3.8, 4) is 0 Å². The van der Waals surface area contributed by atoms with E-state index in [0.717, 1.165) is 31.5 Å². The Hall–Kier alpha value is -2.66. The molecule has 2 aromatic rings. The van der Waals surface area contributed by atoms with Crippen LogP contribution in [0.3, 0.4) is 0 Å². The number of carbonyl (C=O) groups is 2. The summed E-state index contributed by atoms with van der Waals surface area (Å²) in [4.78, 5) is 31.2. The number of rotatable bonds is 8. The molecule has 1 aliphatic heterocycles. The standard InChI is InChI=1S/C26H35N3O2/c1-20(30)29-18-24(23-14-12-22(13-15-23)17-27(2)3)25(19-29)26(31)28(4)16-8-11-21-9-6-5-7-10-21/h5-7,9-10,12-15,24-25H,8,11,16-19H2,1-4H3/t24-,25+/m1/s1. The molecule has 0 N–H and O–H groups in total. The number of hydrogen-bond acceptors (Lipinski definition) is 3. The Kier molecular flexibility index (Phi) is 7.85. The third-order valence-electron chi connectivity index (χ3n) is 6.17. The van der Waals surface area contributed by atoms with Crippen LogP contribution in [0.2, 0.25) is 0 Å². The van der Waals surface area contributed by atoms with Crippen molar-refractivity contribution in [2.24, 2.45) is 5.92 Å². The van der Waals surface area contributed by atoms with Crippen molar-refractivity contribution >= 4 is 11.8 Å². The van der Waals surface area contributed by atoms with E-state index in [2.05, 4.69) is 55.4 Å². The molecule has 0 spiro atoms. The molecular formula is C26H35N3O2. The van der Waals surface area contributed by atoms with E-state index in [4.69, 9.17) is 0 Å². The minimum Gasteiger partial charge on any atom is -0.345 e. The third-order valence-corrected chi connectivity index (χ3v) is 6.17. The lowest BCUT2D eigenvalue weighted by Crippen LogP contribution is -2.37. The highest BCUT2D eigenvalue weighted by Gasteiger charge is 2.40. The summed E-state index contributed by atoms with van der Waals surface area (Å²) in [5, 5.41) is 0. The van der Waals surface area contributed by atoms with Gasteiger partial charge in [0.25, 0.3) is 0 Å². The highest BCUT2D eigenvalue weighted by atomic mass is 16.2. The van der Waals surface area contributed by atoms with Crippen LogP contribution in [0.15, 0.2) is 54.6 Å². The van der Waals surface area contributed by atoms with Crippen molar-refractivity contribution in [2.45, 2.75) is 32.2 Å². The SMILES string of the molecule is CC(=O)N1C[C@H](C(=O)N(C)CCCc2ccccc2)[C@@H](c2ccc(CN(C)C)cc2)C1. The van der Waals surface area contributed by atoms with Crippen LogP contribution in [0.4, 0.5) is 0 Å². The van der Waals surface area contributed by atoms with Gasteiger partial charge in [-0.2, -0.15) is 0 Å². The monoisotopic (exact) mass is 421 g/mol. The molecule has 1 saturated heterocycles. The molecule has 1 aliphatic rings. The maximum atomic E-state index is 13.3. The molecule has 166 valence electrons. The van der Waals surface area contributed by atoms with Crippen LogP contribution in [0.1, 0.15) is 36.0 Å². The van der Waals surface area contributed by atoms with Crippen molar-refractivity contribution in [3.63, 3.8) is 0 Å². The molecule has 1 fully saturated rings. The zero-order valence-corrected chi connectivity index (χ0v) is 19.3. The van der Waals surface area contributed by atoms with Crippen LogP contribution in [-0.2, 0) is 22.6 Å². The van der Waals surface area contributed by atoms with E-state index < -0.39 is 0 Å². The zero-order valence-electron chi connectivity index (χ0n) is 19.3. The average molecular weight is 422 g/mol. The Morgan fingerprint density at radius 1 is 0.935 bits per heavy atom. The summed E-state index contributed by atoms with van der Waals surface area (Å²) in [7, 11) is 6.00. The van der Waals surface area contributed by atoms with Crippen molar-refractivity contribution in [1.29, 1.82) is 0 Å². The Morgan fingerprint density at radius 2 is 1.61 bits per heavy atom. The van der Waals surface area contributed by atoms with Crippen LogP contribution in [0.25, 0.3) is 0 Å². The van der Waals surface area contributed by atoms with Gasteiger partial charge in [0.1, 0.15) is 0 Å². The van der Waals surface area contributed by atoms with Crippen LogP contribution >= 0.6 is 0 Å². The summed E-state index contributed by atoms with van der Waals surface area (Å²) in [6.45, 7) is 4.31. The van der Waals surface area contributed by atoms with Gasteiger partial charge in [-0.1, -0.05) is 54.6 Å². The van der Waals surface area contributed by atoms with Crippen molar-refractivity contribution < 1.29 is 9.59 Å². The molecule has 5 nitrogen and oxygen atoms in total. The fourth-order valence-corrected chi connectivity index (χ4v) is 4.44. The molecule has 1 heterocycles. The van der Waals surface area contributed by atoms with Gasteiger partial charge in [0.2, 0.25) is 11.8 Å². The fourth-order valence-electron chi connectivity index (χ4n) is 4.44. The second-order valence-electron chi connectivity index (χ2n) is 8.97. The summed E-state index contributed by atoms with van der Waals surface area (Å²) >= 11 is 0.